The quantitative estimate of drug-likeness (QED) is 0.905. The topological polar surface area (TPSA) is 47.0 Å². The molecule has 2 aromatic heterocycles. The van der Waals surface area contributed by atoms with Crippen LogP contribution in [0, 0.1) is 19.3 Å². The number of anilines is 1. The van der Waals surface area contributed by atoms with Crippen LogP contribution in [0.2, 0.25) is 0 Å². The Morgan fingerprint density at radius 3 is 2.43 bits per heavy atom. The molecule has 0 saturated heterocycles. The molecule has 2 rings (SSSR count). The summed E-state index contributed by atoms with van der Waals surface area (Å²) < 4.78 is 5.93. The molecule has 5 heteroatoms. The molecule has 2 aromatic rings. The van der Waals surface area contributed by atoms with Crippen molar-refractivity contribution in [2.75, 3.05) is 19.0 Å². The van der Waals surface area contributed by atoms with E-state index in [2.05, 4.69) is 39.9 Å². The van der Waals surface area contributed by atoms with Crippen LogP contribution in [0.25, 0.3) is 10.2 Å². The van der Waals surface area contributed by atoms with Crippen LogP contribution in [0.4, 0.5) is 5.82 Å². The number of aromatic nitrogens is 2. The maximum Gasteiger partial charge on any atom is 0.161 e. The van der Waals surface area contributed by atoms with Crippen molar-refractivity contribution in [1.82, 2.24) is 9.97 Å². The first kappa shape index (κ1) is 16.2. The van der Waals surface area contributed by atoms with Crippen LogP contribution >= 0.6 is 11.3 Å². The average molecular weight is 307 g/mol. The van der Waals surface area contributed by atoms with Crippen LogP contribution in [-0.2, 0) is 4.74 Å². The second-order valence-electron chi connectivity index (χ2n) is 6.35. The minimum atomic E-state index is -0.110. The van der Waals surface area contributed by atoms with Gasteiger partial charge in [-0.25, -0.2) is 9.97 Å². The average Bonchev–Trinajstić information content (AvgIpc) is 2.69. The first-order valence-electron chi connectivity index (χ1n) is 7.36. The lowest BCUT2D eigenvalue weighted by Gasteiger charge is -2.29. The molecule has 0 amide bonds. The van der Waals surface area contributed by atoms with Gasteiger partial charge in [-0.2, -0.15) is 0 Å². The van der Waals surface area contributed by atoms with Gasteiger partial charge in [-0.1, -0.05) is 20.8 Å². The lowest BCUT2D eigenvalue weighted by atomic mass is 9.88. The summed E-state index contributed by atoms with van der Waals surface area (Å²) in [5.41, 5.74) is 1.21. The molecule has 0 aliphatic heterocycles. The summed E-state index contributed by atoms with van der Waals surface area (Å²) in [6.45, 7) is 13.4. The Morgan fingerprint density at radius 1 is 1.24 bits per heavy atom. The van der Waals surface area contributed by atoms with Crippen LogP contribution in [0.5, 0.6) is 0 Å². The maximum absolute atomic E-state index is 5.93. The van der Waals surface area contributed by atoms with Gasteiger partial charge in [0.2, 0.25) is 0 Å². The van der Waals surface area contributed by atoms with Crippen LogP contribution < -0.4 is 5.32 Å². The molecule has 0 fully saturated rings. The molecule has 0 aliphatic rings. The third-order valence-electron chi connectivity index (χ3n) is 3.64. The van der Waals surface area contributed by atoms with E-state index in [1.54, 1.807) is 11.3 Å². The molecular weight excluding hydrogens is 282 g/mol. The lowest BCUT2D eigenvalue weighted by molar-refractivity contribution is -0.0187. The first-order valence-corrected chi connectivity index (χ1v) is 8.18. The molecule has 0 saturated carbocycles. The fraction of sp³-hybridized carbons (Fsp3) is 0.625. The Bertz CT molecular complexity index is 643. The summed E-state index contributed by atoms with van der Waals surface area (Å²) >= 11 is 1.72. The van der Waals surface area contributed by atoms with E-state index >= 15 is 0 Å². The van der Waals surface area contributed by atoms with Gasteiger partial charge in [0.15, 0.2) is 5.82 Å². The molecule has 0 radical (unpaired) electrons. The Hall–Kier alpha value is -1.20. The predicted octanol–water partition coefficient (Wildman–Crippen LogP) is 4.47. The van der Waals surface area contributed by atoms with Crippen LogP contribution in [0.3, 0.4) is 0 Å². The number of thiophene rings is 1. The van der Waals surface area contributed by atoms with Gasteiger partial charge in [0.1, 0.15) is 16.8 Å². The van der Waals surface area contributed by atoms with Crippen molar-refractivity contribution in [1.29, 1.82) is 0 Å². The molecule has 1 unspecified atom stereocenters. The van der Waals surface area contributed by atoms with Crippen LogP contribution in [0.15, 0.2) is 0 Å². The highest BCUT2D eigenvalue weighted by Gasteiger charge is 2.30. The molecule has 116 valence electrons. The number of hydrogen-bond acceptors (Lipinski definition) is 5. The molecule has 1 N–H and O–H groups in total. The zero-order valence-corrected chi connectivity index (χ0v) is 14.8. The predicted molar refractivity (Wildman–Crippen MR) is 90.3 cm³/mol. The highest BCUT2D eigenvalue weighted by molar-refractivity contribution is 7.18. The minimum absolute atomic E-state index is 0.0456. The van der Waals surface area contributed by atoms with E-state index in [4.69, 9.17) is 14.7 Å². The van der Waals surface area contributed by atoms with Crippen molar-refractivity contribution in [3.8, 4) is 0 Å². The molecule has 2 heterocycles. The zero-order chi connectivity index (χ0) is 15.8. The van der Waals surface area contributed by atoms with Crippen molar-refractivity contribution in [2.45, 2.75) is 47.6 Å². The third kappa shape index (κ3) is 3.04. The fourth-order valence-electron chi connectivity index (χ4n) is 2.44. The number of nitrogens with one attached hydrogen (secondary N) is 1. The maximum atomic E-state index is 5.93. The smallest absolute Gasteiger partial charge is 0.161 e. The van der Waals surface area contributed by atoms with Crippen LogP contribution in [0.1, 0.15) is 50.1 Å². The Kier molecular flexibility index (Phi) is 4.54. The second-order valence-corrected chi connectivity index (χ2v) is 7.55. The van der Waals surface area contributed by atoms with Gasteiger partial charge in [0.25, 0.3) is 0 Å². The number of nitrogens with zero attached hydrogens (tertiary/aromatic N) is 2. The zero-order valence-electron chi connectivity index (χ0n) is 14.0. The van der Waals surface area contributed by atoms with Gasteiger partial charge in [0, 0.05) is 18.5 Å². The summed E-state index contributed by atoms with van der Waals surface area (Å²) in [4.78, 5) is 11.9. The van der Waals surface area contributed by atoms with Crippen LogP contribution in [-0.4, -0.2) is 23.6 Å². The highest BCUT2D eigenvalue weighted by Crippen LogP contribution is 2.38. The van der Waals surface area contributed by atoms with Crippen molar-refractivity contribution < 1.29 is 4.74 Å². The molecule has 0 aromatic carbocycles. The lowest BCUT2D eigenvalue weighted by Crippen LogP contribution is -2.24. The van der Waals surface area contributed by atoms with E-state index in [9.17, 15) is 0 Å². The standard InChI is InChI=1S/C16H25N3OS/c1-8-20-12(16(4,5)6)14-18-13(17-7)11-9(2)10(3)21-15(11)19-14/h12H,8H2,1-7H3,(H,17,18,19). The summed E-state index contributed by atoms with van der Waals surface area (Å²) in [6.07, 6.45) is -0.110. The Balaban J connectivity index is 2.64. The summed E-state index contributed by atoms with van der Waals surface area (Å²) in [6, 6.07) is 0. The van der Waals surface area contributed by atoms with Gasteiger partial charge in [-0.05, 0) is 31.7 Å². The SMILES string of the molecule is CCOC(c1nc(NC)c2c(C)c(C)sc2n1)C(C)(C)C. The normalized spacial score (nSPS) is 13.7. The molecule has 0 bridgehead atoms. The van der Waals surface area contributed by atoms with Crippen molar-refractivity contribution in [3.63, 3.8) is 0 Å². The van der Waals surface area contributed by atoms with Gasteiger partial charge in [-0.15, -0.1) is 11.3 Å². The van der Waals surface area contributed by atoms with E-state index in [1.807, 2.05) is 14.0 Å². The summed E-state index contributed by atoms with van der Waals surface area (Å²) in [5, 5.41) is 4.35. The second kappa shape index (κ2) is 5.89. The summed E-state index contributed by atoms with van der Waals surface area (Å²) in [5.74, 6) is 1.66. The number of ether oxygens (including phenoxy) is 1. The van der Waals surface area contributed by atoms with E-state index < -0.39 is 0 Å². The van der Waals surface area contributed by atoms with Crippen molar-refractivity contribution in [3.05, 3.63) is 16.3 Å². The van der Waals surface area contributed by atoms with Gasteiger partial charge in [0.05, 0.1) is 5.39 Å². The Labute approximate surface area is 131 Å². The Morgan fingerprint density at radius 2 is 1.90 bits per heavy atom. The first-order chi connectivity index (χ1) is 9.79. The van der Waals surface area contributed by atoms with E-state index in [0.717, 1.165) is 21.9 Å². The molecule has 0 spiro atoms. The number of fused-ring (bicyclic) bond motifs is 1. The number of rotatable bonds is 4. The van der Waals surface area contributed by atoms with Gasteiger partial charge >= 0.3 is 0 Å². The molecule has 0 aliphatic carbocycles. The summed E-state index contributed by atoms with van der Waals surface area (Å²) in [7, 11) is 1.91. The van der Waals surface area contributed by atoms with Crippen molar-refractivity contribution >= 4 is 27.4 Å². The number of hydrogen-bond donors (Lipinski definition) is 1. The van der Waals surface area contributed by atoms with E-state index in [-0.39, 0.29) is 11.5 Å². The van der Waals surface area contributed by atoms with Gasteiger partial charge < -0.3 is 10.1 Å². The highest BCUT2D eigenvalue weighted by atomic mass is 32.1. The molecule has 1 atom stereocenters. The van der Waals surface area contributed by atoms with E-state index in [0.29, 0.717) is 6.61 Å². The van der Waals surface area contributed by atoms with Crippen molar-refractivity contribution in [2.24, 2.45) is 5.41 Å². The fourth-order valence-corrected chi connectivity index (χ4v) is 3.48. The largest absolute Gasteiger partial charge is 0.372 e. The monoisotopic (exact) mass is 307 g/mol. The number of aryl methyl sites for hydroxylation is 2. The molecular formula is C16H25N3OS. The molecule has 21 heavy (non-hydrogen) atoms. The molecule has 4 nitrogen and oxygen atoms in total. The van der Waals surface area contributed by atoms with Gasteiger partial charge in [-0.3, -0.25) is 0 Å². The minimum Gasteiger partial charge on any atom is -0.372 e. The third-order valence-corrected chi connectivity index (χ3v) is 4.74. The van der Waals surface area contributed by atoms with E-state index in [1.165, 1.54) is 10.4 Å².